The molecule has 0 saturated carbocycles. The number of nitrogens with one attached hydrogen (secondary N) is 2. The number of carbonyl (C=O) groups excluding carboxylic acids is 2. The summed E-state index contributed by atoms with van der Waals surface area (Å²) < 4.78 is 1.47. The number of benzene rings is 2. The van der Waals surface area contributed by atoms with E-state index in [1.165, 1.54) is 22.9 Å². The van der Waals surface area contributed by atoms with E-state index in [1.807, 2.05) is 18.2 Å². The zero-order chi connectivity index (χ0) is 27.3. The van der Waals surface area contributed by atoms with Crippen LogP contribution in [0.4, 0.5) is 5.69 Å². The van der Waals surface area contributed by atoms with Crippen LogP contribution in [0.2, 0.25) is 10.0 Å². The van der Waals surface area contributed by atoms with E-state index in [1.54, 1.807) is 6.92 Å². The third-order valence-corrected chi connectivity index (χ3v) is 6.71. The SMILES string of the molecule is CC(CC(=O)O)NC(=O)c1ccc(NC(=O)CSc2nnnn2-c2ccc(C(C)(C)C)cc2Cl)c(Cl)c1. The maximum absolute atomic E-state index is 12.6. The molecule has 0 saturated heterocycles. The Kier molecular flexibility index (Phi) is 9.16. The first-order valence-electron chi connectivity index (χ1n) is 11.2. The van der Waals surface area contributed by atoms with Gasteiger partial charge in [0.05, 0.1) is 33.6 Å². The van der Waals surface area contributed by atoms with Crippen LogP contribution < -0.4 is 10.6 Å². The summed E-state index contributed by atoms with van der Waals surface area (Å²) in [7, 11) is 0. The highest BCUT2D eigenvalue weighted by Gasteiger charge is 2.19. The maximum atomic E-state index is 12.6. The van der Waals surface area contributed by atoms with Crippen LogP contribution in [0.1, 0.15) is 50.0 Å². The lowest BCUT2D eigenvalue weighted by Gasteiger charge is -2.20. The van der Waals surface area contributed by atoms with Gasteiger partial charge in [0.25, 0.3) is 5.91 Å². The first kappa shape index (κ1) is 28.4. The monoisotopic (exact) mass is 564 g/mol. The molecule has 1 atom stereocenters. The molecule has 1 heterocycles. The lowest BCUT2D eigenvalue weighted by atomic mass is 9.87. The minimum absolute atomic E-state index is 0.0106. The fraction of sp³-hybridized carbons (Fsp3) is 0.333. The lowest BCUT2D eigenvalue weighted by molar-refractivity contribution is -0.137. The predicted molar refractivity (Wildman–Crippen MR) is 143 cm³/mol. The molecule has 1 aromatic heterocycles. The second-order valence-electron chi connectivity index (χ2n) is 9.29. The predicted octanol–water partition coefficient (Wildman–Crippen LogP) is 4.59. The molecule has 1 unspecified atom stereocenters. The van der Waals surface area contributed by atoms with E-state index in [0.717, 1.165) is 17.3 Å². The number of carbonyl (C=O) groups is 3. The zero-order valence-electron chi connectivity index (χ0n) is 20.6. The van der Waals surface area contributed by atoms with Crippen molar-refractivity contribution in [2.24, 2.45) is 0 Å². The molecule has 196 valence electrons. The summed E-state index contributed by atoms with van der Waals surface area (Å²) in [4.78, 5) is 35.7. The number of anilines is 1. The molecule has 37 heavy (non-hydrogen) atoms. The van der Waals surface area contributed by atoms with Crippen molar-refractivity contribution in [3.05, 3.63) is 57.6 Å². The summed E-state index contributed by atoms with van der Waals surface area (Å²) in [6.07, 6.45) is -0.205. The van der Waals surface area contributed by atoms with Gasteiger partial charge in [-0.1, -0.05) is 61.8 Å². The van der Waals surface area contributed by atoms with Gasteiger partial charge in [-0.25, -0.2) is 0 Å². The molecule has 0 radical (unpaired) electrons. The number of carboxylic acid groups (broad SMARTS) is 1. The third-order valence-electron chi connectivity index (χ3n) is 5.18. The van der Waals surface area contributed by atoms with Crippen molar-refractivity contribution in [2.45, 2.75) is 50.7 Å². The molecule has 2 aromatic carbocycles. The van der Waals surface area contributed by atoms with Gasteiger partial charge < -0.3 is 15.7 Å². The normalized spacial score (nSPS) is 12.2. The van der Waals surface area contributed by atoms with Crippen LogP contribution in [0, 0.1) is 0 Å². The third kappa shape index (κ3) is 7.67. The number of amides is 2. The smallest absolute Gasteiger partial charge is 0.305 e. The molecule has 0 fully saturated rings. The van der Waals surface area contributed by atoms with Crippen LogP contribution in [0.3, 0.4) is 0 Å². The standard InChI is InChI=1S/C24H26Cl2N6O4S/c1-13(9-21(34)35)27-22(36)14-5-7-18(16(25)10-14)28-20(33)12-37-23-29-30-31-32(23)19-8-6-15(11-17(19)26)24(2,3)4/h5-8,10-11,13H,9,12H2,1-4H3,(H,27,36)(H,28,33)(H,34,35). The minimum Gasteiger partial charge on any atom is -0.481 e. The van der Waals surface area contributed by atoms with Crippen LogP contribution in [-0.4, -0.2) is 54.9 Å². The molecule has 2 amide bonds. The van der Waals surface area contributed by atoms with Crippen molar-refractivity contribution in [1.82, 2.24) is 25.5 Å². The first-order chi connectivity index (χ1) is 17.3. The quantitative estimate of drug-likeness (QED) is 0.320. The molecule has 0 aliphatic rings. The van der Waals surface area contributed by atoms with E-state index in [0.29, 0.717) is 21.6 Å². The summed E-state index contributed by atoms with van der Waals surface area (Å²) >= 11 is 13.9. The Morgan fingerprint density at radius 3 is 2.46 bits per heavy atom. The molecule has 10 nitrogen and oxygen atoms in total. The van der Waals surface area contributed by atoms with Crippen molar-refractivity contribution in [3.63, 3.8) is 0 Å². The van der Waals surface area contributed by atoms with Gasteiger partial charge in [-0.2, -0.15) is 4.68 Å². The minimum atomic E-state index is -1.02. The number of aromatic nitrogens is 4. The molecule has 0 aliphatic heterocycles. The van der Waals surface area contributed by atoms with E-state index in [2.05, 4.69) is 46.9 Å². The number of rotatable bonds is 9. The fourth-order valence-electron chi connectivity index (χ4n) is 3.26. The number of carboxylic acids is 1. The van der Waals surface area contributed by atoms with Gasteiger partial charge in [-0.15, -0.1) is 5.10 Å². The summed E-state index contributed by atoms with van der Waals surface area (Å²) in [5.41, 5.74) is 2.15. The molecule has 3 N–H and O–H groups in total. The van der Waals surface area contributed by atoms with Crippen LogP contribution in [0.25, 0.3) is 5.69 Å². The van der Waals surface area contributed by atoms with Gasteiger partial charge >= 0.3 is 5.97 Å². The highest BCUT2D eigenvalue weighted by molar-refractivity contribution is 7.99. The second kappa shape index (κ2) is 11.9. The van der Waals surface area contributed by atoms with Gasteiger partial charge in [0.2, 0.25) is 11.1 Å². The van der Waals surface area contributed by atoms with E-state index >= 15 is 0 Å². The Bertz CT molecular complexity index is 1320. The van der Waals surface area contributed by atoms with Crippen LogP contribution in [0.15, 0.2) is 41.6 Å². The van der Waals surface area contributed by atoms with E-state index in [9.17, 15) is 14.4 Å². The van der Waals surface area contributed by atoms with Crippen molar-refractivity contribution < 1.29 is 19.5 Å². The molecule has 3 rings (SSSR count). The second-order valence-corrected chi connectivity index (χ2v) is 11.1. The van der Waals surface area contributed by atoms with Gasteiger partial charge in [-0.05, 0) is 58.7 Å². The fourth-order valence-corrected chi connectivity index (χ4v) is 4.43. The van der Waals surface area contributed by atoms with Gasteiger partial charge in [-0.3, -0.25) is 14.4 Å². The Balaban J connectivity index is 1.63. The topological polar surface area (TPSA) is 139 Å². The number of hydrogen-bond acceptors (Lipinski definition) is 7. The first-order valence-corrected chi connectivity index (χ1v) is 12.9. The molecular formula is C24H26Cl2N6O4S. The Morgan fingerprint density at radius 1 is 1.11 bits per heavy atom. The van der Waals surface area contributed by atoms with Gasteiger partial charge in [0.1, 0.15) is 0 Å². The highest BCUT2D eigenvalue weighted by Crippen LogP contribution is 2.30. The van der Waals surface area contributed by atoms with E-state index in [-0.39, 0.29) is 34.1 Å². The lowest BCUT2D eigenvalue weighted by Crippen LogP contribution is -2.34. The van der Waals surface area contributed by atoms with Gasteiger partial charge in [0.15, 0.2) is 0 Å². The summed E-state index contributed by atoms with van der Waals surface area (Å²) in [5.74, 6) is -1.85. The number of aliphatic carboxylic acids is 1. The zero-order valence-corrected chi connectivity index (χ0v) is 22.9. The number of thioether (sulfide) groups is 1. The highest BCUT2D eigenvalue weighted by atomic mass is 35.5. The van der Waals surface area contributed by atoms with Gasteiger partial charge in [0, 0.05) is 11.6 Å². The number of hydrogen-bond donors (Lipinski definition) is 3. The van der Waals surface area contributed by atoms with Crippen LogP contribution in [-0.2, 0) is 15.0 Å². The molecule has 3 aromatic rings. The average molecular weight is 565 g/mol. The van der Waals surface area contributed by atoms with E-state index in [4.69, 9.17) is 28.3 Å². The maximum Gasteiger partial charge on any atom is 0.305 e. The van der Waals surface area contributed by atoms with Crippen molar-refractivity contribution in [1.29, 1.82) is 0 Å². The summed E-state index contributed by atoms with van der Waals surface area (Å²) in [6, 6.07) is 9.51. The number of halogens is 2. The van der Waals surface area contributed by atoms with E-state index < -0.39 is 17.9 Å². The average Bonchev–Trinajstić information content (AvgIpc) is 3.26. The number of nitrogens with zero attached hydrogens (tertiary/aromatic N) is 4. The Hall–Kier alpha value is -3.15. The molecule has 0 spiro atoms. The molecule has 0 bridgehead atoms. The largest absolute Gasteiger partial charge is 0.481 e. The molecule has 0 aliphatic carbocycles. The van der Waals surface area contributed by atoms with Crippen LogP contribution in [0.5, 0.6) is 0 Å². The van der Waals surface area contributed by atoms with Crippen molar-refractivity contribution in [3.8, 4) is 5.69 Å². The summed E-state index contributed by atoms with van der Waals surface area (Å²) in [6.45, 7) is 7.86. The summed E-state index contributed by atoms with van der Waals surface area (Å²) in [5, 5.41) is 26.8. The Labute approximate surface area is 228 Å². The molecule has 13 heteroatoms. The number of tetrazole rings is 1. The van der Waals surface area contributed by atoms with Crippen molar-refractivity contribution in [2.75, 3.05) is 11.1 Å². The van der Waals surface area contributed by atoms with Crippen LogP contribution >= 0.6 is 35.0 Å². The van der Waals surface area contributed by atoms with Crippen molar-refractivity contribution >= 4 is 58.4 Å². The molecular weight excluding hydrogens is 539 g/mol. The Morgan fingerprint density at radius 2 is 1.84 bits per heavy atom.